The number of amides is 1. The van der Waals surface area contributed by atoms with Gasteiger partial charge < -0.3 is 9.64 Å². The summed E-state index contributed by atoms with van der Waals surface area (Å²) in [6.45, 7) is 0.457. The van der Waals surface area contributed by atoms with Gasteiger partial charge in [0, 0.05) is 35.8 Å². The molecule has 0 fully saturated rings. The van der Waals surface area contributed by atoms with Gasteiger partial charge in [-0.1, -0.05) is 23.2 Å². The largest absolute Gasteiger partial charge is 0.492 e. The van der Waals surface area contributed by atoms with Gasteiger partial charge in [0.25, 0.3) is 5.69 Å². The van der Waals surface area contributed by atoms with Gasteiger partial charge in [-0.15, -0.1) is 0 Å². The van der Waals surface area contributed by atoms with Crippen molar-refractivity contribution < 1.29 is 14.5 Å². The maximum Gasteiger partial charge on any atom is 0.269 e. The highest BCUT2D eigenvalue weighted by molar-refractivity contribution is 6.31. The molecule has 6 nitrogen and oxygen atoms in total. The zero-order chi connectivity index (χ0) is 18.8. The second-order valence-corrected chi connectivity index (χ2v) is 7.03. The van der Waals surface area contributed by atoms with Gasteiger partial charge in [-0.2, -0.15) is 0 Å². The average Bonchev–Trinajstić information content (AvgIpc) is 2.61. The monoisotopic (exact) mass is 394 g/mol. The maximum absolute atomic E-state index is 12.8. The lowest BCUT2D eigenvalue weighted by molar-refractivity contribution is -0.384. The van der Waals surface area contributed by atoms with Crippen LogP contribution >= 0.6 is 23.2 Å². The van der Waals surface area contributed by atoms with Gasteiger partial charge in [0.15, 0.2) is 0 Å². The summed E-state index contributed by atoms with van der Waals surface area (Å²) in [6.07, 6.45) is 0.530. The van der Waals surface area contributed by atoms with Crippen molar-refractivity contribution >= 4 is 34.8 Å². The highest BCUT2D eigenvalue weighted by Crippen LogP contribution is 2.31. The van der Waals surface area contributed by atoms with Crippen molar-refractivity contribution in [2.45, 2.75) is 13.0 Å². The molecular formula is C18H16Cl2N2O4. The van der Waals surface area contributed by atoms with E-state index in [1.54, 1.807) is 25.2 Å². The highest BCUT2D eigenvalue weighted by atomic mass is 35.5. The van der Waals surface area contributed by atoms with Gasteiger partial charge in [0.2, 0.25) is 5.91 Å². The molecule has 3 rings (SSSR count). The summed E-state index contributed by atoms with van der Waals surface area (Å²) >= 11 is 12.1. The third kappa shape index (κ3) is 3.92. The van der Waals surface area contributed by atoms with Gasteiger partial charge in [-0.3, -0.25) is 14.9 Å². The van der Waals surface area contributed by atoms with Crippen LogP contribution in [0.25, 0.3) is 0 Å². The van der Waals surface area contributed by atoms with Crippen molar-refractivity contribution in [3.05, 3.63) is 67.7 Å². The molecule has 0 radical (unpaired) electrons. The highest BCUT2D eigenvalue weighted by Gasteiger charge is 2.29. The minimum Gasteiger partial charge on any atom is -0.492 e. The Bertz CT molecular complexity index is 872. The van der Waals surface area contributed by atoms with Crippen LogP contribution in [-0.2, 0) is 17.8 Å². The van der Waals surface area contributed by atoms with Crippen LogP contribution < -0.4 is 4.74 Å². The normalized spacial score (nSPS) is 15.7. The van der Waals surface area contributed by atoms with Crippen molar-refractivity contribution in [1.82, 2.24) is 4.90 Å². The molecular weight excluding hydrogens is 379 g/mol. The van der Waals surface area contributed by atoms with Crippen molar-refractivity contribution in [2.24, 2.45) is 5.92 Å². The fourth-order valence-corrected chi connectivity index (χ4v) is 3.33. The second kappa shape index (κ2) is 7.51. The van der Waals surface area contributed by atoms with Gasteiger partial charge in [0.05, 0.1) is 10.8 Å². The first-order valence-electron chi connectivity index (χ1n) is 7.94. The van der Waals surface area contributed by atoms with Crippen LogP contribution in [-0.4, -0.2) is 29.4 Å². The number of carbonyl (C=O) groups excluding carboxylic acids is 1. The molecule has 0 saturated carbocycles. The number of non-ortho nitro benzene ring substituents is 1. The van der Waals surface area contributed by atoms with Crippen LogP contribution in [0.4, 0.5) is 5.69 Å². The van der Waals surface area contributed by atoms with Crippen molar-refractivity contribution in [2.75, 3.05) is 13.7 Å². The lowest BCUT2D eigenvalue weighted by Gasteiger charge is -2.28. The number of ether oxygens (including phenoxy) is 1. The molecule has 1 aliphatic heterocycles. The van der Waals surface area contributed by atoms with E-state index in [4.69, 9.17) is 27.9 Å². The Hall–Kier alpha value is -2.31. The predicted molar refractivity (Wildman–Crippen MR) is 98.7 cm³/mol. The first kappa shape index (κ1) is 18.5. The molecule has 0 aliphatic carbocycles. The molecule has 8 heteroatoms. The van der Waals surface area contributed by atoms with E-state index in [-0.39, 0.29) is 30.7 Å². The number of benzene rings is 2. The van der Waals surface area contributed by atoms with Gasteiger partial charge in [-0.25, -0.2) is 0 Å². The Morgan fingerprint density at radius 3 is 2.81 bits per heavy atom. The summed E-state index contributed by atoms with van der Waals surface area (Å²) in [7, 11) is 1.64. The summed E-state index contributed by atoms with van der Waals surface area (Å²) in [5, 5.41) is 11.9. The third-order valence-electron chi connectivity index (χ3n) is 4.30. The molecule has 1 heterocycles. The molecule has 2 aromatic rings. The standard InChI is InChI=1S/C18H16Cl2N2O4/c1-21(9-12-8-15(22(24)25)3-4-16(12)20)18(23)13-6-11-7-14(19)2-5-17(11)26-10-13/h2-5,7-8,13H,6,9-10H2,1H3/t13-/m0/s1. The maximum atomic E-state index is 12.8. The Balaban J connectivity index is 1.73. The van der Waals surface area contributed by atoms with Gasteiger partial charge in [-0.05, 0) is 41.8 Å². The third-order valence-corrected chi connectivity index (χ3v) is 4.91. The Kier molecular flexibility index (Phi) is 5.34. The average molecular weight is 395 g/mol. The van der Waals surface area contributed by atoms with E-state index in [9.17, 15) is 14.9 Å². The summed E-state index contributed by atoms with van der Waals surface area (Å²) in [5.74, 6) is 0.282. The molecule has 2 aromatic carbocycles. The summed E-state index contributed by atoms with van der Waals surface area (Å²) in [5.41, 5.74) is 1.36. The van der Waals surface area contributed by atoms with E-state index < -0.39 is 4.92 Å². The van der Waals surface area contributed by atoms with E-state index in [0.29, 0.717) is 22.0 Å². The topological polar surface area (TPSA) is 72.7 Å². The minimum atomic E-state index is -0.489. The molecule has 1 aliphatic rings. The molecule has 0 saturated heterocycles. The van der Waals surface area contributed by atoms with E-state index in [1.165, 1.54) is 23.1 Å². The molecule has 136 valence electrons. The number of nitro benzene ring substituents is 1. The second-order valence-electron chi connectivity index (χ2n) is 6.19. The number of hydrogen-bond acceptors (Lipinski definition) is 4. The lowest BCUT2D eigenvalue weighted by atomic mass is 9.95. The fourth-order valence-electron chi connectivity index (χ4n) is 2.96. The quantitative estimate of drug-likeness (QED) is 0.577. The molecule has 0 aromatic heterocycles. The zero-order valence-corrected chi connectivity index (χ0v) is 15.5. The van der Waals surface area contributed by atoms with Gasteiger partial charge >= 0.3 is 0 Å². The molecule has 0 unspecified atom stereocenters. The zero-order valence-electron chi connectivity index (χ0n) is 13.9. The Labute approximate surface area is 160 Å². The number of carbonyl (C=O) groups is 1. The van der Waals surface area contributed by atoms with Crippen LogP contribution in [0.1, 0.15) is 11.1 Å². The van der Waals surface area contributed by atoms with Crippen molar-refractivity contribution in [3.8, 4) is 5.75 Å². The van der Waals surface area contributed by atoms with E-state index >= 15 is 0 Å². The Morgan fingerprint density at radius 2 is 2.08 bits per heavy atom. The number of hydrogen-bond donors (Lipinski definition) is 0. The molecule has 0 N–H and O–H groups in total. The van der Waals surface area contributed by atoms with Crippen LogP contribution in [0, 0.1) is 16.0 Å². The number of nitrogens with zero attached hydrogens (tertiary/aromatic N) is 2. The minimum absolute atomic E-state index is 0.0604. The molecule has 26 heavy (non-hydrogen) atoms. The number of nitro groups is 1. The fraction of sp³-hybridized carbons (Fsp3) is 0.278. The van der Waals surface area contributed by atoms with Crippen LogP contribution in [0.5, 0.6) is 5.75 Å². The van der Waals surface area contributed by atoms with E-state index in [0.717, 1.165) is 11.3 Å². The predicted octanol–water partition coefficient (Wildman–Crippen LogP) is 4.11. The lowest BCUT2D eigenvalue weighted by Crippen LogP contribution is -2.38. The smallest absolute Gasteiger partial charge is 0.269 e. The molecule has 1 atom stereocenters. The number of halogens is 2. The number of rotatable bonds is 4. The van der Waals surface area contributed by atoms with Crippen LogP contribution in [0.3, 0.4) is 0 Å². The van der Waals surface area contributed by atoms with Crippen molar-refractivity contribution in [1.29, 1.82) is 0 Å². The first-order valence-corrected chi connectivity index (χ1v) is 8.69. The molecule has 0 spiro atoms. The summed E-state index contributed by atoms with van der Waals surface area (Å²) < 4.78 is 5.67. The Morgan fingerprint density at radius 1 is 1.31 bits per heavy atom. The van der Waals surface area contributed by atoms with Crippen molar-refractivity contribution in [3.63, 3.8) is 0 Å². The van der Waals surface area contributed by atoms with E-state index in [1.807, 2.05) is 0 Å². The number of fused-ring (bicyclic) bond motifs is 1. The SMILES string of the molecule is CN(Cc1cc([N+](=O)[O-])ccc1Cl)C(=O)[C@@H]1COc2ccc(Cl)cc2C1. The summed E-state index contributed by atoms with van der Waals surface area (Å²) in [6, 6.07) is 9.54. The summed E-state index contributed by atoms with van der Waals surface area (Å²) in [4.78, 5) is 24.7. The van der Waals surface area contributed by atoms with Gasteiger partial charge in [0.1, 0.15) is 12.4 Å². The van der Waals surface area contributed by atoms with Crippen LogP contribution in [0.2, 0.25) is 10.0 Å². The van der Waals surface area contributed by atoms with E-state index in [2.05, 4.69) is 0 Å². The van der Waals surface area contributed by atoms with Crippen LogP contribution in [0.15, 0.2) is 36.4 Å². The molecule has 0 bridgehead atoms. The molecule has 1 amide bonds. The first-order chi connectivity index (χ1) is 12.3.